The molecule has 0 spiro atoms. The molecule has 7 heteroatoms. The lowest BCUT2D eigenvalue weighted by atomic mass is 10.1. The highest BCUT2D eigenvalue weighted by Crippen LogP contribution is 2.27. The van der Waals surface area contributed by atoms with Gasteiger partial charge in [-0.05, 0) is 42.7 Å². The quantitative estimate of drug-likeness (QED) is 0.661. The molecular formula is C20H23N5O2. The van der Waals surface area contributed by atoms with Gasteiger partial charge in [-0.1, -0.05) is 18.2 Å². The van der Waals surface area contributed by atoms with Crippen molar-refractivity contribution in [3.63, 3.8) is 0 Å². The summed E-state index contributed by atoms with van der Waals surface area (Å²) in [5.41, 5.74) is 5.14. The van der Waals surface area contributed by atoms with E-state index in [4.69, 9.17) is 0 Å². The van der Waals surface area contributed by atoms with Crippen LogP contribution in [0.25, 0.3) is 10.9 Å². The van der Waals surface area contributed by atoms with E-state index < -0.39 is 0 Å². The van der Waals surface area contributed by atoms with E-state index in [9.17, 15) is 9.59 Å². The second-order valence-electron chi connectivity index (χ2n) is 6.58. The molecule has 0 saturated carbocycles. The van der Waals surface area contributed by atoms with Gasteiger partial charge in [-0.2, -0.15) is 5.10 Å². The van der Waals surface area contributed by atoms with Crippen molar-refractivity contribution in [2.24, 2.45) is 7.05 Å². The van der Waals surface area contributed by atoms with Crippen molar-refractivity contribution in [2.75, 3.05) is 10.6 Å². The van der Waals surface area contributed by atoms with Crippen molar-refractivity contribution in [1.82, 2.24) is 15.1 Å². The van der Waals surface area contributed by atoms with Crippen LogP contribution in [0.3, 0.4) is 0 Å². The molecule has 0 aliphatic heterocycles. The second-order valence-corrected chi connectivity index (χ2v) is 6.58. The molecule has 1 aromatic heterocycles. The molecule has 3 aromatic rings. The summed E-state index contributed by atoms with van der Waals surface area (Å²) in [4.78, 5) is 23.7. The van der Waals surface area contributed by atoms with Gasteiger partial charge in [-0.15, -0.1) is 0 Å². The number of aromatic nitrogens is 2. The Morgan fingerprint density at radius 1 is 1.11 bits per heavy atom. The molecular weight excluding hydrogens is 342 g/mol. The maximum atomic E-state index is 12.3. The molecule has 0 bridgehead atoms. The molecule has 3 amide bonds. The Balaban J connectivity index is 1.68. The van der Waals surface area contributed by atoms with Crippen LogP contribution in [0.5, 0.6) is 0 Å². The van der Waals surface area contributed by atoms with Crippen molar-refractivity contribution in [1.29, 1.82) is 0 Å². The minimum atomic E-state index is -0.305. The van der Waals surface area contributed by atoms with Crippen molar-refractivity contribution < 1.29 is 9.59 Å². The lowest BCUT2D eigenvalue weighted by molar-refractivity contribution is -0.114. The number of nitrogens with zero attached hydrogens (tertiary/aromatic N) is 2. The zero-order valence-corrected chi connectivity index (χ0v) is 15.9. The summed E-state index contributed by atoms with van der Waals surface area (Å²) in [6.07, 6.45) is 1.81. The van der Waals surface area contributed by atoms with Gasteiger partial charge in [0.25, 0.3) is 0 Å². The van der Waals surface area contributed by atoms with Crippen LogP contribution in [0, 0.1) is 13.8 Å². The van der Waals surface area contributed by atoms with Crippen molar-refractivity contribution >= 4 is 34.2 Å². The number of aryl methyl sites for hydroxylation is 2. The summed E-state index contributed by atoms with van der Waals surface area (Å²) in [7, 11) is 1.89. The van der Waals surface area contributed by atoms with Crippen LogP contribution in [-0.4, -0.2) is 21.7 Å². The first kappa shape index (κ1) is 18.4. The Morgan fingerprint density at radius 3 is 2.63 bits per heavy atom. The monoisotopic (exact) mass is 365 g/mol. The molecule has 140 valence electrons. The lowest BCUT2D eigenvalue weighted by Gasteiger charge is -2.16. The van der Waals surface area contributed by atoms with Crippen LogP contribution >= 0.6 is 0 Å². The first-order chi connectivity index (χ1) is 12.8. The minimum Gasteiger partial charge on any atom is -0.334 e. The third-order valence-electron chi connectivity index (χ3n) is 4.49. The average Bonchev–Trinajstić information content (AvgIpc) is 3.00. The minimum absolute atomic E-state index is 0.145. The van der Waals surface area contributed by atoms with Gasteiger partial charge in [0.1, 0.15) is 0 Å². The largest absolute Gasteiger partial charge is 0.334 e. The summed E-state index contributed by atoms with van der Waals surface area (Å²) in [5.74, 6) is -0.145. The van der Waals surface area contributed by atoms with E-state index >= 15 is 0 Å². The smallest absolute Gasteiger partial charge is 0.319 e. The van der Waals surface area contributed by atoms with Crippen LogP contribution in [0.1, 0.15) is 23.6 Å². The summed E-state index contributed by atoms with van der Waals surface area (Å²) < 4.78 is 1.80. The number of hydrogen-bond donors (Lipinski definition) is 3. The van der Waals surface area contributed by atoms with E-state index in [2.05, 4.69) is 21.0 Å². The molecule has 0 aliphatic carbocycles. The van der Waals surface area contributed by atoms with Crippen molar-refractivity contribution in [3.05, 3.63) is 53.2 Å². The van der Waals surface area contributed by atoms with E-state index in [-0.39, 0.29) is 11.9 Å². The SMILES string of the molecule is CC(=O)Nc1c(C)ccc(NC(=O)NCc2ccc3cnn(C)c3c2)c1C. The maximum Gasteiger partial charge on any atom is 0.319 e. The van der Waals surface area contributed by atoms with Gasteiger partial charge in [0.15, 0.2) is 0 Å². The third kappa shape index (κ3) is 4.08. The molecule has 0 fully saturated rings. The lowest BCUT2D eigenvalue weighted by Crippen LogP contribution is -2.28. The highest BCUT2D eigenvalue weighted by molar-refractivity contribution is 5.95. The zero-order valence-electron chi connectivity index (χ0n) is 15.9. The summed E-state index contributed by atoms with van der Waals surface area (Å²) in [6.45, 7) is 5.64. The van der Waals surface area contributed by atoms with E-state index in [1.165, 1.54) is 6.92 Å². The molecule has 0 aliphatic rings. The number of urea groups is 1. The van der Waals surface area contributed by atoms with Crippen molar-refractivity contribution in [3.8, 4) is 0 Å². The van der Waals surface area contributed by atoms with Gasteiger partial charge in [0.05, 0.1) is 11.7 Å². The van der Waals surface area contributed by atoms with Gasteiger partial charge in [0.2, 0.25) is 5.91 Å². The number of rotatable bonds is 4. The third-order valence-corrected chi connectivity index (χ3v) is 4.49. The number of carbonyl (C=O) groups excluding carboxylic acids is 2. The molecule has 2 aromatic carbocycles. The fraction of sp³-hybridized carbons (Fsp3) is 0.250. The van der Waals surface area contributed by atoms with Crippen LogP contribution in [0.4, 0.5) is 16.2 Å². The zero-order chi connectivity index (χ0) is 19.6. The first-order valence-corrected chi connectivity index (χ1v) is 8.68. The summed E-state index contributed by atoms with van der Waals surface area (Å²) >= 11 is 0. The predicted molar refractivity (Wildman–Crippen MR) is 107 cm³/mol. The fourth-order valence-corrected chi connectivity index (χ4v) is 3.00. The Kier molecular flexibility index (Phi) is 5.12. The highest BCUT2D eigenvalue weighted by Gasteiger charge is 2.11. The van der Waals surface area contributed by atoms with Gasteiger partial charge >= 0.3 is 6.03 Å². The number of anilines is 2. The normalized spacial score (nSPS) is 10.7. The molecule has 0 radical (unpaired) electrons. The topological polar surface area (TPSA) is 88.1 Å². The van der Waals surface area contributed by atoms with E-state index in [1.54, 1.807) is 4.68 Å². The van der Waals surface area contributed by atoms with Crippen LogP contribution in [-0.2, 0) is 18.4 Å². The number of nitrogens with one attached hydrogen (secondary N) is 3. The van der Waals surface area contributed by atoms with E-state index in [1.807, 2.05) is 57.4 Å². The molecule has 3 rings (SSSR count). The molecule has 0 saturated heterocycles. The fourth-order valence-electron chi connectivity index (χ4n) is 3.00. The highest BCUT2D eigenvalue weighted by atomic mass is 16.2. The number of benzene rings is 2. The maximum absolute atomic E-state index is 12.3. The molecule has 27 heavy (non-hydrogen) atoms. The predicted octanol–water partition coefficient (Wildman–Crippen LogP) is 3.47. The number of amides is 3. The Labute approximate surface area is 157 Å². The molecule has 3 N–H and O–H groups in total. The molecule has 0 atom stereocenters. The summed E-state index contributed by atoms with van der Waals surface area (Å²) in [5, 5.41) is 13.8. The van der Waals surface area contributed by atoms with Gasteiger partial charge in [-0.3, -0.25) is 9.48 Å². The number of hydrogen-bond acceptors (Lipinski definition) is 3. The van der Waals surface area contributed by atoms with Crippen LogP contribution < -0.4 is 16.0 Å². The van der Waals surface area contributed by atoms with E-state index in [0.717, 1.165) is 33.3 Å². The van der Waals surface area contributed by atoms with Crippen molar-refractivity contribution in [2.45, 2.75) is 27.3 Å². The van der Waals surface area contributed by atoms with Crippen LogP contribution in [0.15, 0.2) is 36.5 Å². The van der Waals surface area contributed by atoms with Gasteiger partial charge < -0.3 is 16.0 Å². The van der Waals surface area contributed by atoms with Gasteiger partial charge in [-0.25, -0.2) is 4.79 Å². The Bertz CT molecular complexity index is 1020. The number of carbonyl (C=O) groups is 2. The second kappa shape index (κ2) is 7.49. The first-order valence-electron chi connectivity index (χ1n) is 8.68. The van der Waals surface area contributed by atoms with Crippen LogP contribution in [0.2, 0.25) is 0 Å². The average molecular weight is 365 g/mol. The standard InChI is InChI=1S/C20H23N5O2/c1-12-5-8-17(13(2)19(12)23-14(3)26)24-20(27)21-10-15-6-7-16-11-22-25(4)18(16)9-15/h5-9,11H,10H2,1-4H3,(H,23,26)(H2,21,24,27). The molecule has 0 unspecified atom stereocenters. The Hall–Kier alpha value is -3.35. The Morgan fingerprint density at radius 2 is 1.89 bits per heavy atom. The van der Waals surface area contributed by atoms with Gasteiger partial charge in [0, 0.05) is 37.3 Å². The number of fused-ring (bicyclic) bond motifs is 1. The molecule has 7 nitrogen and oxygen atoms in total. The van der Waals surface area contributed by atoms with E-state index in [0.29, 0.717) is 12.2 Å². The summed E-state index contributed by atoms with van der Waals surface area (Å²) in [6, 6.07) is 9.36. The molecule has 1 heterocycles.